The first-order chi connectivity index (χ1) is 15.4. The standard InChI is InChI=1S/C25H25FN2O2S2/c1-18(16-19-8-4-2-5-9-19)17-22-24(30)28(25(31)32-22)15-7-3-6-10-23(29)27-21-13-11-20(26)12-14-21/h2,4-5,8-9,11-14,16-17H,3,6-7,10,15H2,1H3,(H,27,29)/b18-16+,22-17-. The highest BCUT2D eigenvalue weighted by Crippen LogP contribution is 2.32. The van der Waals surface area contributed by atoms with E-state index in [1.165, 1.54) is 36.0 Å². The van der Waals surface area contributed by atoms with Crippen molar-refractivity contribution in [2.75, 3.05) is 11.9 Å². The molecule has 0 radical (unpaired) electrons. The molecule has 0 aliphatic carbocycles. The molecule has 7 heteroatoms. The van der Waals surface area contributed by atoms with Gasteiger partial charge in [-0.15, -0.1) is 0 Å². The van der Waals surface area contributed by atoms with E-state index < -0.39 is 0 Å². The molecular weight excluding hydrogens is 443 g/mol. The highest BCUT2D eigenvalue weighted by atomic mass is 32.2. The number of anilines is 1. The number of halogens is 1. The minimum absolute atomic E-state index is 0.0603. The van der Waals surface area contributed by atoms with E-state index in [2.05, 4.69) is 5.32 Å². The van der Waals surface area contributed by atoms with Crippen LogP contribution < -0.4 is 5.32 Å². The Morgan fingerprint density at radius 3 is 2.53 bits per heavy atom. The van der Waals surface area contributed by atoms with Gasteiger partial charge in [-0.25, -0.2) is 4.39 Å². The summed E-state index contributed by atoms with van der Waals surface area (Å²) in [6.07, 6.45) is 6.56. The zero-order chi connectivity index (χ0) is 22.9. The van der Waals surface area contributed by atoms with Gasteiger partial charge in [-0.1, -0.05) is 66.8 Å². The molecule has 2 aromatic rings. The SMILES string of the molecule is CC(/C=C1\SC(=S)N(CCCCCC(=O)Nc2ccc(F)cc2)C1=O)=C\c1ccccc1. The number of thiocarbonyl (C=S) groups is 1. The van der Waals surface area contributed by atoms with E-state index in [0.717, 1.165) is 24.0 Å². The zero-order valence-corrected chi connectivity index (χ0v) is 19.5. The third kappa shape index (κ3) is 7.14. The fraction of sp³-hybridized carbons (Fsp3) is 0.240. The molecule has 0 bridgehead atoms. The molecule has 2 amide bonds. The van der Waals surface area contributed by atoms with Crippen molar-refractivity contribution >= 4 is 51.9 Å². The van der Waals surface area contributed by atoms with E-state index in [-0.39, 0.29) is 17.6 Å². The number of carbonyl (C=O) groups excluding carboxylic acids is 2. The van der Waals surface area contributed by atoms with E-state index in [9.17, 15) is 14.0 Å². The van der Waals surface area contributed by atoms with E-state index in [1.807, 2.05) is 49.4 Å². The molecule has 2 aromatic carbocycles. The van der Waals surface area contributed by atoms with Gasteiger partial charge < -0.3 is 5.32 Å². The molecule has 1 aliphatic heterocycles. The zero-order valence-electron chi connectivity index (χ0n) is 17.8. The number of carbonyl (C=O) groups is 2. The minimum atomic E-state index is -0.337. The number of benzene rings is 2. The summed E-state index contributed by atoms with van der Waals surface area (Å²) < 4.78 is 13.5. The highest BCUT2D eigenvalue weighted by molar-refractivity contribution is 8.26. The van der Waals surface area contributed by atoms with Crippen molar-refractivity contribution < 1.29 is 14.0 Å². The van der Waals surface area contributed by atoms with Gasteiger partial charge in [0.05, 0.1) is 4.91 Å². The number of hydrogen-bond donors (Lipinski definition) is 1. The average molecular weight is 469 g/mol. The van der Waals surface area contributed by atoms with Gasteiger partial charge in [-0.2, -0.15) is 0 Å². The predicted molar refractivity (Wildman–Crippen MR) is 134 cm³/mol. The van der Waals surface area contributed by atoms with Gasteiger partial charge in [0, 0.05) is 18.7 Å². The molecule has 1 fully saturated rings. The predicted octanol–water partition coefficient (Wildman–Crippen LogP) is 6.17. The maximum absolute atomic E-state index is 12.9. The number of amides is 2. The van der Waals surface area contributed by atoms with Crippen molar-refractivity contribution in [1.82, 2.24) is 4.90 Å². The number of allylic oxidation sites excluding steroid dienone is 2. The van der Waals surface area contributed by atoms with Crippen LogP contribution >= 0.6 is 24.0 Å². The van der Waals surface area contributed by atoms with Gasteiger partial charge >= 0.3 is 0 Å². The number of nitrogens with zero attached hydrogens (tertiary/aromatic N) is 1. The van der Waals surface area contributed by atoms with E-state index in [4.69, 9.17) is 12.2 Å². The summed E-state index contributed by atoms with van der Waals surface area (Å²) >= 11 is 6.72. The highest BCUT2D eigenvalue weighted by Gasteiger charge is 2.31. The first kappa shape index (κ1) is 23.9. The fourth-order valence-corrected chi connectivity index (χ4v) is 4.60. The second-order valence-electron chi connectivity index (χ2n) is 7.50. The normalized spacial score (nSPS) is 15.5. The van der Waals surface area contributed by atoms with Gasteiger partial charge in [0.1, 0.15) is 10.1 Å². The molecule has 0 unspecified atom stereocenters. The summed E-state index contributed by atoms with van der Waals surface area (Å²) in [6, 6.07) is 15.6. The Morgan fingerprint density at radius 2 is 1.81 bits per heavy atom. The lowest BCUT2D eigenvalue weighted by Crippen LogP contribution is -2.29. The number of nitrogens with one attached hydrogen (secondary N) is 1. The average Bonchev–Trinajstić information content (AvgIpc) is 3.03. The molecule has 3 rings (SSSR count). The van der Waals surface area contributed by atoms with Crippen molar-refractivity contribution in [3.63, 3.8) is 0 Å². The molecule has 1 heterocycles. The van der Waals surface area contributed by atoms with Crippen LogP contribution in [0.3, 0.4) is 0 Å². The third-order valence-corrected chi connectivity index (χ3v) is 6.22. The Balaban J connectivity index is 1.42. The molecular formula is C25H25FN2O2S2. The molecule has 0 saturated carbocycles. The first-order valence-electron chi connectivity index (χ1n) is 10.5. The van der Waals surface area contributed by atoms with Crippen LogP contribution in [0.25, 0.3) is 6.08 Å². The van der Waals surface area contributed by atoms with Crippen molar-refractivity contribution in [3.05, 3.63) is 82.5 Å². The van der Waals surface area contributed by atoms with Crippen LogP contribution in [0.15, 0.2) is 71.2 Å². The summed E-state index contributed by atoms with van der Waals surface area (Å²) in [5, 5.41) is 2.75. The Kier molecular flexibility index (Phi) is 8.76. The quantitative estimate of drug-likeness (QED) is 0.272. The summed E-state index contributed by atoms with van der Waals surface area (Å²) in [7, 11) is 0. The molecule has 0 spiro atoms. The van der Waals surface area contributed by atoms with Crippen LogP contribution in [0, 0.1) is 5.82 Å². The molecule has 0 atom stereocenters. The second kappa shape index (κ2) is 11.7. The van der Waals surface area contributed by atoms with Crippen LogP contribution in [-0.2, 0) is 9.59 Å². The maximum Gasteiger partial charge on any atom is 0.266 e. The van der Waals surface area contributed by atoms with Crippen molar-refractivity contribution in [2.45, 2.75) is 32.6 Å². The Hall–Kier alpha value is -2.77. The molecule has 1 saturated heterocycles. The minimum Gasteiger partial charge on any atom is -0.326 e. The Morgan fingerprint density at radius 1 is 1.09 bits per heavy atom. The van der Waals surface area contributed by atoms with Crippen molar-refractivity contribution in [2.24, 2.45) is 0 Å². The second-order valence-corrected chi connectivity index (χ2v) is 9.17. The summed E-state index contributed by atoms with van der Waals surface area (Å²) in [6.45, 7) is 2.51. The summed E-state index contributed by atoms with van der Waals surface area (Å²) in [5.74, 6) is -0.503. The lowest BCUT2D eigenvalue weighted by Gasteiger charge is -2.14. The first-order valence-corrected chi connectivity index (χ1v) is 11.7. The summed E-state index contributed by atoms with van der Waals surface area (Å²) in [4.78, 5) is 27.0. The molecule has 32 heavy (non-hydrogen) atoms. The maximum atomic E-state index is 12.9. The van der Waals surface area contributed by atoms with Crippen LogP contribution in [-0.4, -0.2) is 27.6 Å². The Bertz CT molecular complexity index is 1030. The van der Waals surface area contributed by atoms with Gasteiger partial charge in [-0.05, 0) is 61.2 Å². The number of rotatable bonds is 9. The van der Waals surface area contributed by atoms with Gasteiger partial charge in [0.15, 0.2) is 0 Å². The van der Waals surface area contributed by atoms with Crippen LogP contribution in [0.2, 0.25) is 0 Å². The topological polar surface area (TPSA) is 49.4 Å². The van der Waals surface area contributed by atoms with Crippen molar-refractivity contribution in [1.29, 1.82) is 0 Å². The number of unbranched alkanes of at least 4 members (excludes halogenated alkanes) is 2. The van der Waals surface area contributed by atoms with Gasteiger partial charge in [-0.3, -0.25) is 14.5 Å². The lowest BCUT2D eigenvalue weighted by atomic mass is 10.1. The molecule has 1 aliphatic rings. The van der Waals surface area contributed by atoms with E-state index in [1.54, 1.807) is 4.90 Å². The van der Waals surface area contributed by atoms with Gasteiger partial charge in [0.25, 0.3) is 5.91 Å². The number of thioether (sulfide) groups is 1. The smallest absolute Gasteiger partial charge is 0.266 e. The lowest BCUT2D eigenvalue weighted by molar-refractivity contribution is -0.122. The molecule has 166 valence electrons. The van der Waals surface area contributed by atoms with Crippen LogP contribution in [0.4, 0.5) is 10.1 Å². The fourth-order valence-electron chi connectivity index (χ4n) is 3.24. The molecule has 1 N–H and O–H groups in total. The van der Waals surface area contributed by atoms with Crippen molar-refractivity contribution in [3.8, 4) is 0 Å². The summed E-state index contributed by atoms with van der Waals surface area (Å²) in [5.41, 5.74) is 2.65. The largest absolute Gasteiger partial charge is 0.326 e. The monoisotopic (exact) mass is 468 g/mol. The van der Waals surface area contributed by atoms with E-state index in [0.29, 0.717) is 34.3 Å². The van der Waals surface area contributed by atoms with Crippen LogP contribution in [0.5, 0.6) is 0 Å². The molecule has 4 nitrogen and oxygen atoms in total. The van der Waals surface area contributed by atoms with Gasteiger partial charge in [0.2, 0.25) is 5.91 Å². The molecule has 0 aromatic heterocycles. The van der Waals surface area contributed by atoms with E-state index >= 15 is 0 Å². The third-order valence-electron chi connectivity index (χ3n) is 4.84. The number of hydrogen-bond acceptors (Lipinski definition) is 4. The van der Waals surface area contributed by atoms with Crippen LogP contribution in [0.1, 0.15) is 38.2 Å². The Labute approximate surface area is 197 Å².